The average molecular weight is 525 g/mol. The van der Waals surface area contributed by atoms with Crippen LogP contribution in [-0.2, 0) is 11.3 Å². The highest BCUT2D eigenvalue weighted by molar-refractivity contribution is 14.0. The number of benzene rings is 1. The van der Waals surface area contributed by atoms with Gasteiger partial charge in [0.1, 0.15) is 5.75 Å². The van der Waals surface area contributed by atoms with Crippen LogP contribution in [0.25, 0.3) is 0 Å². The highest BCUT2D eigenvalue weighted by Crippen LogP contribution is 2.28. The van der Waals surface area contributed by atoms with Gasteiger partial charge < -0.3 is 20.7 Å². The molecule has 1 saturated carbocycles. The van der Waals surface area contributed by atoms with Crippen molar-refractivity contribution in [3.63, 3.8) is 0 Å². The van der Waals surface area contributed by atoms with Gasteiger partial charge in [0.2, 0.25) is 5.91 Å². The highest BCUT2D eigenvalue weighted by Gasteiger charge is 2.28. The minimum Gasteiger partial charge on any atom is -0.496 e. The van der Waals surface area contributed by atoms with Crippen LogP contribution in [0.5, 0.6) is 5.75 Å². The lowest BCUT2D eigenvalue weighted by Crippen LogP contribution is -2.41. The molecule has 0 aliphatic heterocycles. The topological polar surface area (TPSA) is 74.8 Å². The van der Waals surface area contributed by atoms with Crippen molar-refractivity contribution in [2.75, 3.05) is 26.7 Å². The van der Waals surface area contributed by atoms with Crippen molar-refractivity contribution in [3.05, 3.63) is 28.2 Å². The van der Waals surface area contributed by atoms with Gasteiger partial charge in [0, 0.05) is 25.6 Å². The molecule has 0 radical (unpaired) electrons. The van der Waals surface area contributed by atoms with E-state index in [2.05, 4.69) is 36.9 Å². The molecule has 0 aromatic heterocycles. The SMILES string of the molecule is CCNC(=NCc1ccc(OC)c(Br)c1)NCCNC(=O)C1CC1.I. The first kappa shape index (κ1) is 22.0. The van der Waals surface area contributed by atoms with Crippen LogP contribution in [0.4, 0.5) is 0 Å². The summed E-state index contributed by atoms with van der Waals surface area (Å²) in [6.45, 7) is 4.62. The summed E-state index contributed by atoms with van der Waals surface area (Å²) in [4.78, 5) is 16.1. The summed E-state index contributed by atoms with van der Waals surface area (Å²) >= 11 is 3.48. The molecule has 8 heteroatoms. The zero-order chi connectivity index (χ0) is 17.4. The van der Waals surface area contributed by atoms with Crippen molar-refractivity contribution < 1.29 is 9.53 Å². The van der Waals surface area contributed by atoms with E-state index in [0.29, 0.717) is 19.6 Å². The molecule has 6 nitrogen and oxygen atoms in total. The number of nitrogens with zero attached hydrogens (tertiary/aromatic N) is 1. The largest absolute Gasteiger partial charge is 0.496 e. The Labute approximate surface area is 174 Å². The molecule has 3 N–H and O–H groups in total. The quantitative estimate of drug-likeness (QED) is 0.211. The van der Waals surface area contributed by atoms with E-state index in [-0.39, 0.29) is 35.8 Å². The Morgan fingerprint density at radius 2 is 2.00 bits per heavy atom. The van der Waals surface area contributed by atoms with Crippen LogP contribution in [0.15, 0.2) is 27.7 Å². The summed E-state index contributed by atoms with van der Waals surface area (Å²) in [5.41, 5.74) is 1.09. The van der Waals surface area contributed by atoms with Crippen LogP contribution in [0.1, 0.15) is 25.3 Å². The number of carbonyl (C=O) groups excluding carboxylic acids is 1. The number of aliphatic imine (C=N–C) groups is 1. The second-order valence-electron chi connectivity index (χ2n) is 5.66. The van der Waals surface area contributed by atoms with E-state index in [1.807, 2.05) is 25.1 Å². The summed E-state index contributed by atoms with van der Waals surface area (Å²) in [5.74, 6) is 1.96. The molecule has 0 saturated heterocycles. The molecule has 2 rings (SSSR count). The van der Waals surface area contributed by atoms with Gasteiger partial charge in [-0.2, -0.15) is 0 Å². The van der Waals surface area contributed by atoms with Crippen LogP contribution in [-0.4, -0.2) is 38.6 Å². The number of hydrogen-bond donors (Lipinski definition) is 3. The molecule has 25 heavy (non-hydrogen) atoms. The first-order valence-corrected chi connectivity index (χ1v) is 9.05. The molecule has 0 unspecified atom stereocenters. The maximum atomic E-state index is 11.6. The van der Waals surface area contributed by atoms with E-state index < -0.39 is 0 Å². The van der Waals surface area contributed by atoms with Gasteiger partial charge in [-0.1, -0.05) is 6.07 Å². The van der Waals surface area contributed by atoms with Crippen molar-refractivity contribution in [3.8, 4) is 5.75 Å². The number of ether oxygens (including phenoxy) is 1. The van der Waals surface area contributed by atoms with Crippen LogP contribution < -0.4 is 20.7 Å². The number of halogens is 2. The molecule has 1 aromatic carbocycles. The zero-order valence-electron chi connectivity index (χ0n) is 14.6. The highest BCUT2D eigenvalue weighted by atomic mass is 127. The smallest absolute Gasteiger partial charge is 0.223 e. The molecule has 1 aromatic rings. The second kappa shape index (κ2) is 11.6. The zero-order valence-corrected chi connectivity index (χ0v) is 18.5. The first-order chi connectivity index (χ1) is 11.6. The van der Waals surface area contributed by atoms with Crippen molar-refractivity contribution in [1.82, 2.24) is 16.0 Å². The number of methoxy groups -OCH3 is 1. The third kappa shape index (κ3) is 7.81. The Hall–Kier alpha value is -1.03. The maximum absolute atomic E-state index is 11.6. The number of guanidine groups is 1. The Morgan fingerprint density at radius 3 is 2.60 bits per heavy atom. The summed E-state index contributed by atoms with van der Waals surface area (Å²) in [5, 5.41) is 9.37. The molecule has 1 fully saturated rings. The minimum atomic E-state index is 0. The third-order valence-corrected chi connectivity index (χ3v) is 4.26. The molecular formula is C17H26BrIN4O2. The van der Waals surface area contributed by atoms with Gasteiger partial charge in [0.05, 0.1) is 18.1 Å². The Bertz CT molecular complexity index is 594. The van der Waals surface area contributed by atoms with Gasteiger partial charge in [-0.15, -0.1) is 24.0 Å². The maximum Gasteiger partial charge on any atom is 0.223 e. The van der Waals surface area contributed by atoms with Crippen LogP contribution in [0.2, 0.25) is 0 Å². The van der Waals surface area contributed by atoms with E-state index in [9.17, 15) is 4.79 Å². The van der Waals surface area contributed by atoms with Crippen LogP contribution >= 0.6 is 39.9 Å². The molecule has 0 heterocycles. The van der Waals surface area contributed by atoms with Crippen molar-refractivity contribution in [1.29, 1.82) is 0 Å². The Balaban J connectivity index is 0.00000312. The van der Waals surface area contributed by atoms with Gasteiger partial charge in [-0.3, -0.25) is 4.79 Å². The molecule has 0 bridgehead atoms. The summed E-state index contributed by atoms with van der Waals surface area (Å²) in [7, 11) is 1.65. The van der Waals surface area contributed by atoms with Gasteiger partial charge in [0.15, 0.2) is 5.96 Å². The summed E-state index contributed by atoms with van der Waals surface area (Å²) in [6, 6.07) is 5.91. The van der Waals surface area contributed by atoms with Gasteiger partial charge in [-0.05, 0) is 53.4 Å². The molecule has 140 valence electrons. The number of nitrogens with one attached hydrogen (secondary N) is 3. The van der Waals surface area contributed by atoms with Gasteiger partial charge in [-0.25, -0.2) is 4.99 Å². The Morgan fingerprint density at radius 1 is 1.28 bits per heavy atom. The minimum absolute atomic E-state index is 0. The van der Waals surface area contributed by atoms with Crippen molar-refractivity contribution in [2.45, 2.75) is 26.3 Å². The van der Waals surface area contributed by atoms with Crippen LogP contribution in [0, 0.1) is 5.92 Å². The molecule has 1 amide bonds. The lowest BCUT2D eigenvalue weighted by molar-refractivity contribution is -0.122. The molecule has 1 aliphatic carbocycles. The fourth-order valence-corrected chi connectivity index (χ4v) is 2.76. The third-order valence-electron chi connectivity index (χ3n) is 3.64. The predicted molar refractivity (Wildman–Crippen MR) is 115 cm³/mol. The summed E-state index contributed by atoms with van der Waals surface area (Å²) < 4.78 is 6.14. The van der Waals surface area contributed by atoms with Gasteiger partial charge in [0.25, 0.3) is 0 Å². The fourth-order valence-electron chi connectivity index (χ4n) is 2.18. The van der Waals surface area contributed by atoms with Crippen molar-refractivity contribution in [2.24, 2.45) is 10.9 Å². The second-order valence-corrected chi connectivity index (χ2v) is 6.51. The Kier molecular flexibility index (Phi) is 10.2. The van der Waals surface area contributed by atoms with E-state index >= 15 is 0 Å². The molecule has 0 spiro atoms. The van der Waals surface area contributed by atoms with E-state index in [1.165, 1.54) is 0 Å². The standard InChI is InChI=1S/C17H25BrN4O2.HI/c1-3-19-17(21-9-8-20-16(23)13-5-6-13)22-11-12-4-7-15(24-2)14(18)10-12;/h4,7,10,13H,3,5-6,8-9,11H2,1-2H3,(H,20,23)(H2,19,21,22);1H. The van der Waals surface area contributed by atoms with E-state index in [4.69, 9.17) is 4.74 Å². The number of carbonyl (C=O) groups is 1. The molecule has 0 atom stereocenters. The summed E-state index contributed by atoms with van der Waals surface area (Å²) in [6.07, 6.45) is 2.06. The number of rotatable bonds is 8. The lowest BCUT2D eigenvalue weighted by atomic mass is 10.2. The fraction of sp³-hybridized carbons (Fsp3) is 0.529. The predicted octanol–water partition coefficient (Wildman–Crippen LogP) is 2.66. The number of hydrogen-bond acceptors (Lipinski definition) is 3. The average Bonchev–Trinajstić information content (AvgIpc) is 3.41. The van der Waals surface area contributed by atoms with Crippen LogP contribution in [0.3, 0.4) is 0 Å². The van der Waals surface area contributed by atoms with E-state index in [1.54, 1.807) is 7.11 Å². The normalized spacial score (nSPS) is 13.6. The monoisotopic (exact) mass is 524 g/mol. The molecular weight excluding hydrogens is 499 g/mol. The van der Waals surface area contributed by atoms with E-state index in [0.717, 1.165) is 41.1 Å². The van der Waals surface area contributed by atoms with Crippen molar-refractivity contribution >= 4 is 51.8 Å². The number of amides is 1. The lowest BCUT2D eigenvalue weighted by Gasteiger charge is -2.12. The molecule has 1 aliphatic rings. The first-order valence-electron chi connectivity index (χ1n) is 8.26. The van der Waals surface area contributed by atoms with Gasteiger partial charge >= 0.3 is 0 Å².